The van der Waals surface area contributed by atoms with E-state index >= 15 is 0 Å². The quantitative estimate of drug-likeness (QED) is 0.873. The van der Waals surface area contributed by atoms with Crippen LogP contribution in [-0.2, 0) is 9.53 Å². The molecule has 0 saturated carbocycles. The van der Waals surface area contributed by atoms with Gasteiger partial charge >= 0.3 is 5.97 Å². The second kappa shape index (κ2) is 6.99. The van der Waals surface area contributed by atoms with E-state index in [9.17, 15) is 4.79 Å². The van der Waals surface area contributed by atoms with E-state index < -0.39 is 6.04 Å². The molecule has 3 nitrogen and oxygen atoms in total. The van der Waals surface area contributed by atoms with Crippen molar-refractivity contribution in [1.82, 2.24) is 5.32 Å². The van der Waals surface area contributed by atoms with Crippen LogP contribution in [0, 0.1) is 0 Å². The van der Waals surface area contributed by atoms with Crippen LogP contribution in [0.4, 0.5) is 0 Å². The highest BCUT2D eigenvalue weighted by Crippen LogP contribution is 2.37. The molecule has 1 heterocycles. The van der Waals surface area contributed by atoms with Crippen LogP contribution < -0.4 is 5.32 Å². The highest BCUT2D eigenvalue weighted by molar-refractivity contribution is 7.99. The van der Waals surface area contributed by atoms with Gasteiger partial charge in [-0.05, 0) is 29.4 Å². The van der Waals surface area contributed by atoms with Crippen molar-refractivity contribution in [3.8, 4) is 0 Å². The molecule has 4 heteroatoms. The summed E-state index contributed by atoms with van der Waals surface area (Å²) in [5, 5.41) is 3.49. The van der Waals surface area contributed by atoms with Crippen molar-refractivity contribution in [3.05, 3.63) is 65.7 Å². The molecular weight excluding hydrogens is 294 g/mol. The summed E-state index contributed by atoms with van der Waals surface area (Å²) in [6.45, 7) is 0. The standard InChI is InChI=1S/C18H19NO2S/c1-21-18(20)17(13-7-3-2-4-8-13)19-15-11-12-22-16-10-6-5-9-14(15)16/h2-10,15,17,19H,11-12H2,1H3/t15-,17-/m1/s1. The Morgan fingerprint density at radius 3 is 2.68 bits per heavy atom. The second-order valence-corrected chi connectivity index (χ2v) is 6.40. The number of fused-ring (bicyclic) bond motifs is 1. The van der Waals surface area contributed by atoms with E-state index in [0.29, 0.717) is 0 Å². The molecule has 0 amide bonds. The maximum atomic E-state index is 12.2. The zero-order valence-corrected chi connectivity index (χ0v) is 13.3. The van der Waals surface area contributed by atoms with Crippen LogP contribution in [0.5, 0.6) is 0 Å². The average molecular weight is 313 g/mol. The van der Waals surface area contributed by atoms with Crippen LogP contribution >= 0.6 is 11.8 Å². The summed E-state index contributed by atoms with van der Waals surface area (Å²) in [5.41, 5.74) is 2.20. The molecule has 0 spiro atoms. The molecule has 2 aromatic rings. The molecule has 0 aliphatic carbocycles. The molecule has 1 aliphatic heterocycles. The Morgan fingerprint density at radius 1 is 1.18 bits per heavy atom. The van der Waals surface area contributed by atoms with Crippen LogP contribution in [-0.4, -0.2) is 18.8 Å². The molecule has 0 fully saturated rings. The van der Waals surface area contributed by atoms with Crippen LogP contribution in [0.1, 0.15) is 29.6 Å². The van der Waals surface area contributed by atoms with Gasteiger partial charge in [-0.2, -0.15) is 0 Å². The van der Waals surface area contributed by atoms with E-state index in [-0.39, 0.29) is 12.0 Å². The molecule has 0 unspecified atom stereocenters. The summed E-state index contributed by atoms with van der Waals surface area (Å²) in [4.78, 5) is 13.5. The SMILES string of the molecule is COC(=O)[C@H](N[C@@H]1CCSc2ccccc21)c1ccccc1. The van der Waals surface area contributed by atoms with Crippen LogP contribution in [0.3, 0.4) is 0 Å². The Kier molecular flexibility index (Phi) is 4.80. The number of carbonyl (C=O) groups is 1. The van der Waals surface area contributed by atoms with Crippen molar-refractivity contribution in [1.29, 1.82) is 0 Å². The molecule has 1 aliphatic rings. The van der Waals surface area contributed by atoms with E-state index in [1.807, 2.05) is 42.1 Å². The van der Waals surface area contributed by atoms with Gasteiger partial charge in [0.15, 0.2) is 0 Å². The maximum absolute atomic E-state index is 12.2. The van der Waals surface area contributed by atoms with Crippen molar-refractivity contribution in [3.63, 3.8) is 0 Å². The molecule has 2 aromatic carbocycles. The molecular formula is C18H19NO2S. The topological polar surface area (TPSA) is 38.3 Å². The summed E-state index contributed by atoms with van der Waals surface area (Å²) in [5.74, 6) is 0.805. The fraction of sp³-hybridized carbons (Fsp3) is 0.278. The monoisotopic (exact) mass is 313 g/mol. The Balaban J connectivity index is 1.87. The van der Waals surface area contributed by atoms with Gasteiger partial charge in [0.2, 0.25) is 0 Å². The van der Waals surface area contributed by atoms with Gasteiger partial charge in [0, 0.05) is 10.9 Å². The van der Waals surface area contributed by atoms with Crippen molar-refractivity contribution in [2.45, 2.75) is 23.4 Å². The Morgan fingerprint density at radius 2 is 1.91 bits per heavy atom. The first-order valence-corrected chi connectivity index (χ1v) is 8.38. The number of hydrogen-bond acceptors (Lipinski definition) is 4. The predicted molar refractivity (Wildman–Crippen MR) is 88.9 cm³/mol. The molecule has 0 saturated heterocycles. The average Bonchev–Trinajstić information content (AvgIpc) is 2.60. The minimum atomic E-state index is -0.438. The van der Waals surface area contributed by atoms with Crippen molar-refractivity contribution >= 4 is 17.7 Å². The molecule has 114 valence electrons. The normalized spacial score (nSPS) is 18.3. The summed E-state index contributed by atoms with van der Waals surface area (Å²) in [6, 6.07) is 17.9. The number of benzene rings is 2. The summed E-state index contributed by atoms with van der Waals surface area (Å²) < 4.78 is 4.99. The third kappa shape index (κ3) is 3.18. The number of nitrogens with one attached hydrogen (secondary N) is 1. The Labute approximate surface area is 135 Å². The molecule has 22 heavy (non-hydrogen) atoms. The van der Waals surface area contributed by atoms with E-state index in [1.165, 1.54) is 17.6 Å². The van der Waals surface area contributed by atoms with Crippen LogP contribution in [0.25, 0.3) is 0 Å². The maximum Gasteiger partial charge on any atom is 0.327 e. The second-order valence-electron chi connectivity index (χ2n) is 5.26. The van der Waals surface area contributed by atoms with Gasteiger partial charge < -0.3 is 4.74 Å². The zero-order chi connectivity index (χ0) is 15.4. The van der Waals surface area contributed by atoms with Crippen molar-refractivity contribution in [2.75, 3.05) is 12.9 Å². The van der Waals surface area contributed by atoms with E-state index in [2.05, 4.69) is 29.6 Å². The molecule has 0 aromatic heterocycles. The lowest BCUT2D eigenvalue weighted by atomic mass is 10.00. The number of esters is 1. The van der Waals surface area contributed by atoms with Crippen LogP contribution in [0.2, 0.25) is 0 Å². The fourth-order valence-electron chi connectivity index (χ4n) is 2.78. The Hall–Kier alpha value is -1.78. The molecule has 2 atom stereocenters. The summed E-state index contributed by atoms with van der Waals surface area (Å²) in [6.07, 6.45) is 1.00. The lowest BCUT2D eigenvalue weighted by Gasteiger charge is -2.29. The smallest absolute Gasteiger partial charge is 0.327 e. The third-order valence-electron chi connectivity index (χ3n) is 3.90. The van der Waals surface area contributed by atoms with Crippen molar-refractivity contribution < 1.29 is 9.53 Å². The largest absolute Gasteiger partial charge is 0.468 e. The van der Waals surface area contributed by atoms with Gasteiger partial charge in [-0.25, -0.2) is 4.79 Å². The van der Waals surface area contributed by atoms with Gasteiger partial charge in [0.1, 0.15) is 6.04 Å². The van der Waals surface area contributed by atoms with Gasteiger partial charge in [-0.3, -0.25) is 5.32 Å². The van der Waals surface area contributed by atoms with Gasteiger partial charge in [0.25, 0.3) is 0 Å². The van der Waals surface area contributed by atoms with Gasteiger partial charge in [-0.15, -0.1) is 11.8 Å². The van der Waals surface area contributed by atoms with E-state index in [1.54, 1.807) is 0 Å². The minimum absolute atomic E-state index is 0.168. The first-order chi connectivity index (χ1) is 10.8. The fourth-order valence-corrected chi connectivity index (χ4v) is 3.91. The number of hydrogen-bond donors (Lipinski definition) is 1. The Bertz CT molecular complexity index is 645. The number of carbonyl (C=O) groups excluding carboxylic acids is 1. The first kappa shape index (κ1) is 15.1. The molecule has 1 N–H and O–H groups in total. The van der Waals surface area contributed by atoms with E-state index in [0.717, 1.165) is 17.7 Å². The zero-order valence-electron chi connectivity index (χ0n) is 12.5. The summed E-state index contributed by atoms with van der Waals surface area (Å²) in [7, 11) is 1.44. The predicted octanol–water partition coefficient (Wildman–Crippen LogP) is 3.73. The highest BCUT2D eigenvalue weighted by Gasteiger charge is 2.28. The number of ether oxygens (including phenoxy) is 1. The summed E-state index contributed by atoms with van der Waals surface area (Å²) >= 11 is 1.87. The van der Waals surface area contributed by atoms with Crippen molar-refractivity contribution in [2.24, 2.45) is 0 Å². The highest BCUT2D eigenvalue weighted by atomic mass is 32.2. The number of methoxy groups -OCH3 is 1. The van der Waals surface area contributed by atoms with Crippen LogP contribution in [0.15, 0.2) is 59.5 Å². The van der Waals surface area contributed by atoms with Gasteiger partial charge in [0.05, 0.1) is 7.11 Å². The number of rotatable bonds is 4. The molecule has 0 radical (unpaired) electrons. The first-order valence-electron chi connectivity index (χ1n) is 7.40. The third-order valence-corrected chi connectivity index (χ3v) is 5.02. The molecule has 3 rings (SSSR count). The van der Waals surface area contributed by atoms with Gasteiger partial charge in [-0.1, -0.05) is 48.5 Å². The van der Waals surface area contributed by atoms with E-state index in [4.69, 9.17) is 4.74 Å². The lowest BCUT2D eigenvalue weighted by Crippen LogP contribution is -2.34. The molecule has 0 bridgehead atoms. The lowest BCUT2D eigenvalue weighted by molar-refractivity contribution is -0.143. The minimum Gasteiger partial charge on any atom is -0.468 e. The number of thioether (sulfide) groups is 1.